The van der Waals surface area contributed by atoms with Crippen molar-refractivity contribution in [3.8, 4) is 0 Å². The van der Waals surface area contributed by atoms with Crippen molar-refractivity contribution < 1.29 is 43.1 Å². The van der Waals surface area contributed by atoms with Crippen LogP contribution in [0.2, 0.25) is 0 Å². The topological polar surface area (TPSA) is 137 Å². The first-order chi connectivity index (χ1) is 34.7. The van der Waals surface area contributed by atoms with Crippen LogP contribution in [0.25, 0.3) is 0 Å². The summed E-state index contributed by atoms with van der Waals surface area (Å²) in [6.07, 6.45) is 38.3. The number of nitrogens with zero attached hydrogens (tertiary/aromatic N) is 2. The minimum absolute atomic E-state index is 0.0108. The number of carbonyl (C=O) groups is 6. The molecule has 396 valence electrons. The molecule has 3 saturated carbocycles. The highest BCUT2D eigenvalue weighted by molar-refractivity contribution is 8.00. The fraction of sp³-hybridized carbons (Fsp3) is 0.700. The van der Waals surface area contributed by atoms with E-state index in [1.165, 1.54) is 94.5 Å². The number of fused-ring (bicyclic) bond motifs is 5. The number of benzene rings is 1. The van der Waals surface area contributed by atoms with Gasteiger partial charge in [-0.3, -0.25) is 24.0 Å². The van der Waals surface area contributed by atoms with Crippen molar-refractivity contribution in [2.75, 3.05) is 17.8 Å². The van der Waals surface area contributed by atoms with Crippen molar-refractivity contribution in [2.45, 2.75) is 218 Å². The number of unbranched alkanes of at least 4 members (excludes halogenated alkanes) is 10. The molecule has 4 aliphatic carbocycles. The molecule has 2 saturated heterocycles. The Kier molecular flexibility index (Phi) is 20.1. The van der Waals surface area contributed by atoms with Gasteiger partial charge in [0.1, 0.15) is 6.10 Å². The molecule has 0 N–H and O–H groups in total. The van der Waals surface area contributed by atoms with Gasteiger partial charge in [-0.15, -0.1) is 16.8 Å². The number of thioether (sulfide) groups is 1. The van der Waals surface area contributed by atoms with Gasteiger partial charge in [0.05, 0.1) is 22.1 Å². The minimum atomic E-state index is -0.910. The molecule has 0 aromatic heterocycles. The number of anilines is 1. The molecule has 12 heteroatoms. The maximum Gasteiger partial charge on any atom is 0.363 e. The first-order valence-electron chi connectivity index (χ1n) is 28.1. The molecule has 1 aromatic carbocycles. The van der Waals surface area contributed by atoms with E-state index in [0.717, 1.165) is 87.7 Å². The normalized spacial score (nSPS) is 29.2. The van der Waals surface area contributed by atoms with Crippen molar-refractivity contribution in [1.82, 2.24) is 5.06 Å². The number of hydrogen-bond donors (Lipinski definition) is 0. The third-order valence-electron chi connectivity index (χ3n) is 18.2. The van der Waals surface area contributed by atoms with Gasteiger partial charge < -0.3 is 14.3 Å². The zero-order valence-electron chi connectivity index (χ0n) is 44.4. The number of ether oxygens (including phenoxy) is 2. The number of allylic oxidation sites excluding steroid dienone is 5. The number of hydrogen-bond acceptors (Lipinski definition) is 10. The lowest BCUT2D eigenvalue weighted by Crippen LogP contribution is -2.53. The monoisotopic (exact) mass is 1010 g/mol. The fourth-order valence-electron chi connectivity index (χ4n) is 14.0. The molecule has 1 aromatic rings. The number of esters is 1. The zero-order chi connectivity index (χ0) is 51.3. The van der Waals surface area contributed by atoms with Crippen molar-refractivity contribution in [3.63, 3.8) is 0 Å². The van der Waals surface area contributed by atoms with Gasteiger partial charge in [-0.25, -0.2) is 9.69 Å². The zero-order valence-corrected chi connectivity index (χ0v) is 45.3. The molecule has 11 nitrogen and oxygen atoms in total. The first-order valence-corrected chi connectivity index (χ1v) is 29.2. The molecule has 6 aliphatic rings. The van der Waals surface area contributed by atoms with E-state index in [9.17, 15) is 28.8 Å². The number of methoxy groups -OCH3 is 1. The molecule has 0 radical (unpaired) electrons. The summed E-state index contributed by atoms with van der Waals surface area (Å²) in [5.41, 5.74) is 2.03. The summed E-state index contributed by atoms with van der Waals surface area (Å²) in [7, 11) is 1.90. The molecule has 9 atom stereocenters. The lowest BCUT2D eigenvalue weighted by molar-refractivity contribution is -0.172. The van der Waals surface area contributed by atoms with Gasteiger partial charge in [0.25, 0.3) is 11.8 Å². The Morgan fingerprint density at radius 1 is 0.806 bits per heavy atom. The van der Waals surface area contributed by atoms with Gasteiger partial charge in [0.15, 0.2) is 0 Å². The van der Waals surface area contributed by atoms with Crippen molar-refractivity contribution in [1.29, 1.82) is 0 Å². The third-order valence-corrected chi connectivity index (χ3v) is 19.4. The Labute approximate surface area is 435 Å². The molecule has 1 unspecified atom stereocenters. The lowest BCUT2D eigenvalue weighted by Gasteiger charge is -2.59. The molecule has 0 spiro atoms. The second kappa shape index (κ2) is 26.0. The number of amides is 4. The lowest BCUT2D eigenvalue weighted by atomic mass is 9.46. The molecular formula is C60H86N2O9S. The summed E-state index contributed by atoms with van der Waals surface area (Å²) < 4.78 is 12.7. The van der Waals surface area contributed by atoms with Crippen LogP contribution in [-0.2, 0) is 38.3 Å². The van der Waals surface area contributed by atoms with E-state index >= 15 is 0 Å². The Balaban J connectivity index is 0.802. The number of imide groups is 2. The van der Waals surface area contributed by atoms with Gasteiger partial charge >= 0.3 is 11.9 Å². The van der Waals surface area contributed by atoms with Crippen molar-refractivity contribution in [2.24, 2.45) is 34.5 Å². The number of rotatable bonds is 27. The molecular weight excluding hydrogens is 925 g/mol. The van der Waals surface area contributed by atoms with Gasteiger partial charge in [-0.05, 0) is 162 Å². The third kappa shape index (κ3) is 13.3. The molecule has 5 fully saturated rings. The van der Waals surface area contributed by atoms with Gasteiger partial charge in [-0.2, -0.15) is 0 Å². The standard InChI is InChI=1S/C60H86N2O9S/c1-6-7-8-9-10-11-12-13-14-15-16-17-18-19-21-27-55(66)70-46-34-37-58(2)44(41-46)28-29-47-48-30-31-51(59(48,3)38-35-49(47)58)60(4,69-5)36-22-20-23-39-72-50-42-54(65)61(56(50)67)45-26-24-25-43(40-45)57(68)71-62-52(63)32-33-53(62)64/h10-11,13-14,24-26,28,40,46-51H,6-9,12,15-23,27,29-39,41-42H2,1-5H3/b11-10-,14-13-/t46-,47-,48-,49-,50?,51-,58-,59-,60-/m0/s1. The average Bonchev–Trinajstić information content (AvgIpc) is 4.00. The maximum atomic E-state index is 13.5. The van der Waals surface area contributed by atoms with Crippen LogP contribution in [0.15, 0.2) is 60.2 Å². The van der Waals surface area contributed by atoms with Crippen LogP contribution in [0, 0.1) is 34.5 Å². The second-order valence-corrected chi connectivity index (χ2v) is 24.0. The fourth-order valence-corrected chi connectivity index (χ4v) is 15.2. The van der Waals surface area contributed by atoms with Gasteiger partial charge in [-0.1, -0.05) is 108 Å². The van der Waals surface area contributed by atoms with Crippen LogP contribution in [0.1, 0.15) is 211 Å². The maximum absolute atomic E-state index is 13.5. The Morgan fingerprint density at radius 3 is 2.28 bits per heavy atom. The number of hydroxylamine groups is 2. The van der Waals surface area contributed by atoms with Gasteiger partial charge in [0.2, 0.25) is 11.8 Å². The van der Waals surface area contributed by atoms with Gasteiger partial charge in [0, 0.05) is 39.2 Å². The second-order valence-electron chi connectivity index (χ2n) is 22.7. The van der Waals surface area contributed by atoms with E-state index < -0.39 is 23.0 Å². The van der Waals surface area contributed by atoms with Crippen LogP contribution < -0.4 is 4.90 Å². The van der Waals surface area contributed by atoms with Crippen molar-refractivity contribution >= 4 is 53.0 Å². The molecule has 0 bridgehead atoms. The summed E-state index contributed by atoms with van der Waals surface area (Å²) in [4.78, 5) is 82.4. The molecule has 7 rings (SSSR count). The SMILES string of the molecule is CCCCC/C=C\C/C=C\CCCCCCCC(=O)O[C@H]1CC[C@@]2(C)C(=CC[C@H]3[C@@H]4CC[C@H]([C@](C)(CCCCCSC5CC(=O)N(c6cccc(C(=O)ON7C(=O)CCC7=O)c6)C5=O)OC)[C@@]4(C)CC[C@@H]32)C1. The molecule has 2 aliphatic heterocycles. The van der Waals surface area contributed by atoms with Crippen LogP contribution in [0.5, 0.6) is 0 Å². The Bertz CT molecular complexity index is 2150. The predicted octanol–water partition coefficient (Wildman–Crippen LogP) is 13.5. The predicted molar refractivity (Wildman–Crippen MR) is 285 cm³/mol. The average molecular weight is 1010 g/mol. The Morgan fingerprint density at radius 2 is 1.53 bits per heavy atom. The molecule has 4 amide bonds. The van der Waals surface area contributed by atoms with E-state index in [-0.39, 0.29) is 70.8 Å². The summed E-state index contributed by atoms with van der Waals surface area (Å²) in [5, 5.41) is -0.0191. The van der Waals surface area contributed by atoms with E-state index in [2.05, 4.69) is 58.1 Å². The van der Waals surface area contributed by atoms with Crippen LogP contribution in [0.3, 0.4) is 0 Å². The van der Waals surface area contributed by atoms with E-state index in [0.29, 0.717) is 35.2 Å². The van der Waals surface area contributed by atoms with Crippen molar-refractivity contribution in [3.05, 3.63) is 65.8 Å². The summed E-state index contributed by atoms with van der Waals surface area (Å²) in [6.45, 7) is 9.71. The summed E-state index contributed by atoms with van der Waals surface area (Å²) >= 11 is 1.51. The largest absolute Gasteiger partial charge is 0.462 e. The molecule has 72 heavy (non-hydrogen) atoms. The van der Waals surface area contributed by atoms with E-state index in [1.54, 1.807) is 17.7 Å². The van der Waals surface area contributed by atoms with Crippen LogP contribution in [-0.4, -0.2) is 70.4 Å². The highest BCUT2D eigenvalue weighted by Gasteiger charge is 2.61. The quantitative estimate of drug-likeness (QED) is 0.0362. The summed E-state index contributed by atoms with van der Waals surface area (Å²) in [5.74, 6) is 0.548. The first kappa shape index (κ1) is 55.7. The highest BCUT2D eigenvalue weighted by atomic mass is 32.2. The minimum Gasteiger partial charge on any atom is -0.462 e. The highest BCUT2D eigenvalue weighted by Crippen LogP contribution is 2.68. The Hall–Kier alpha value is -4.03. The number of carbonyl (C=O) groups excluding carboxylic acids is 6. The van der Waals surface area contributed by atoms with Crippen LogP contribution in [0.4, 0.5) is 5.69 Å². The van der Waals surface area contributed by atoms with E-state index in [1.807, 2.05) is 7.11 Å². The van der Waals surface area contributed by atoms with E-state index in [4.69, 9.17) is 14.3 Å². The summed E-state index contributed by atoms with van der Waals surface area (Å²) in [6, 6.07) is 5.97. The van der Waals surface area contributed by atoms with Crippen LogP contribution >= 0.6 is 11.8 Å². The smallest absolute Gasteiger partial charge is 0.363 e. The molecule has 2 heterocycles.